The van der Waals surface area contributed by atoms with Gasteiger partial charge in [0.05, 0.1) is 0 Å². The second-order valence-electron chi connectivity index (χ2n) is 19.5. The Labute approximate surface area is 427 Å². The number of allylic oxidation sites excluding steroid dienone is 12. The van der Waals surface area contributed by atoms with Crippen LogP contribution in [-0.4, -0.2) is 37.2 Å². The van der Waals surface area contributed by atoms with E-state index in [0.29, 0.717) is 19.3 Å². The molecule has 69 heavy (non-hydrogen) atoms. The molecule has 0 aromatic carbocycles. The third kappa shape index (κ3) is 55.6. The molecule has 0 N–H and O–H groups in total. The van der Waals surface area contributed by atoms with Crippen molar-refractivity contribution < 1.29 is 28.6 Å². The molecular weight excluding hydrogens is 853 g/mol. The van der Waals surface area contributed by atoms with Gasteiger partial charge in [0.15, 0.2) is 6.10 Å². The van der Waals surface area contributed by atoms with E-state index in [1.807, 2.05) is 0 Å². The van der Waals surface area contributed by atoms with Gasteiger partial charge in [0, 0.05) is 19.3 Å². The molecule has 0 saturated carbocycles. The average Bonchev–Trinajstić information content (AvgIpc) is 3.35. The summed E-state index contributed by atoms with van der Waals surface area (Å²) < 4.78 is 16.8. The fourth-order valence-electron chi connectivity index (χ4n) is 8.23. The molecule has 0 rings (SSSR count). The Morgan fingerprint density at radius 2 is 0.580 bits per heavy atom. The van der Waals surface area contributed by atoms with Crippen LogP contribution in [-0.2, 0) is 28.6 Å². The second-order valence-corrected chi connectivity index (χ2v) is 19.5. The summed E-state index contributed by atoms with van der Waals surface area (Å²) in [5.41, 5.74) is 0. The Morgan fingerprint density at radius 3 is 0.942 bits per heavy atom. The number of unbranched alkanes of at least 4 members (excludes halogenated alkanes) is 30. The van der Waals surface area contributed by atoms with E-state index in [9.17, 15) is 14.4 Å². The Kier molecular flexibility index (Phi) is 54.8. The van der Waals surface area contributed by atoms with E-state index < -0.39 is 6.10 Å². The number of esters is 3. The third-order valence-corrected chi connectivity index (χ3v) is 12.7. The van der Waals surface area contributed by atoms with Crippen LogP contribution in [0.4, 0.5) is 0 Å². The Balaban J connectivity index is 4.25. The molecule has 0 radical (unpaired) electrons. The second kappa shape index (κ2) is 57.4. The molecule has 0 aromatic rings. The maximum atomic E-state index is 12.8. The molecule has 1 atom stereocenters. The molecule has 6 heteroatoms. The van der Waals surface area contributed by atoms with Gasteiger partial charge in [-0.25, -0.2) is 0 Å². The predicted molar refractivity (Wildman–Crippen MR) is 298 cm³/mol. The lowest BCUT2D eigenvalue weighted by molar-refractivity contribution is -0.167. The van der Waals surface area contributed by atoms with Crippen molar-refractivity contribution in [1.29, 1.82) is 0 Å². The van der Waals surface area contributed by atoms with E-state index in [1.54, 1.807) is 0 Å². The molecule has 0 aliphatic rings. The first-order chi connectivity index (χ1) is 34.0. The van der Waals surface area contributed by atoms with Gasteiger partial charge in [0.1, 0.15) is 13.2 Å². The van der Waals surface area contributed by atoms with Crippen LogP contribution >= 0.6 is 0 Å². The molecule has 6 nitrogen and oxygen atoms in total. The smallest absolute Gasteiger partial charge is 0.306 e. The van der Waals surface area contributed by atoms with Crippen LogP contribution in [0.3, 0.4) is 0 Å². The summed E-state index contributed by atoms with van der Waals surface area (Å²) in [6, 6.07) is 0. The van der Waals surface area contributed by atoms with Gasteiger partial charge in [-0.3, -0.25) is 14.4 Å². The first-order valence-electron chi connectivity index (χ1n) is 29.4. The lowest BCUT2D eigenvalue weighted by Gasteiger charge is -2.18. The molecule has 0 saturated heterocycles. The monoisotopic (exact) mass is 963 g/mol. The van der Waals surface area contributed by atoms with E-state index >= 15 is 0 Å². The summed E-state index contributed by atoms with van der Waals surface area (Å²) in [5.74, 6) is -0.905. The van der Waals surface area contributed by atoms with Crippen LogP contribution in [0.1, 0.15) is 290 Å². The Hall–Kier alpha value is -3.15. The number of ether oxygens (including phenoxy) is 3. The highest BCUT2D eigenvalue weighted by molar-refractivity contribution is 5.71. The van der Waals surface area contributed by atoms with Crippen LogP contribution in [0.15, 0.2) is 72.9 Å². The molecule has 0 heterocycles. The highest BCUT2D eigenvalue weighted by Crippen LogP contribution is 2.16. The minimum Gasteiger partial charge on any atom is -0.462 e. The van der Waals surface area contributed by atoms with E-state index in [1.165, 1.54) is 141 Å². The van der Waals surface area contributed by atoms with E-state index in [2.05, 4.69) is 93.7 Å². The lowest BCUT2D eigenvalue weighted by atomic mass is 10.0. The minimum atomic E-state index is -0.787. The Bertz CT molecular complexity index is 1290. The van der Waals surface area contributed by atoms with Crippen molar-refractivity contribution in [3.8, 4) is 0 Å². The van der Waals surface area contributed by atoms with Crippen molar-refractivity contribution in [1.82, 2.24) is 0 Å². The molecule has 0 aliphatic carbocycles. The summed E-state index contributed by atoms with van der Waals surface area (Å²) in [6.07, 6.45) is 73.3. The van der Waals surface area contributed by atoms with Gasteiger partial charge in [-0.2, -0.15) is 0 Å². The van der Waals surface area contributed by atoms with Crippen LogP contribution in [0, 0.1) is 0 Å². The van der Waals surface area contributed by atoms with Crippen molar-refractivity contribution >= 4 is 17.9 Å². The molecular formula is C63H110O6. The predicted octanol–water partition coefficient (Wildman–Crippen LogP) is 19.8. The van der Waals surface area contributed by atoms with Crippen LogP contribution in [0.5, 0.6) is 0 Å². The van der Waals surface area contributed by atoms with Crippen LogP contribution < -0.4 is 0 Å². The first kappa shape index (κ1) is 65.8. The van der Waals surface area contributed by atoms with Gasteiger partial charge in [-0.1, -0.05) is 241 Å². The summed E-state index contributed by atoms with van der Waals surface area (Å²) in [5, 5.41) is 0. The van der Waals surface area contributed by atoms with Crippen molar-refractivity contribution in [3.05, 3.63) is 72.9 Å². The molecule has 0 aliphatic heterocycles. The molecule has 0 amide bonds. The van der Waals surface area contributed by atoms with Crippen molar-refractivity contribution in [3.63, 3.8) is 0 Å². The highest BCUT2D eigenvalue weighted by atomic mass is 16.6. The molecule has 1 unspecified atom stereocenters. The number of rotatable bonds is 53. The minimum absolute atomic E-state index is 0.0846. The lowest BCUT2D eigenvalue weighted by Crippen LogP contribution is -2.30. The van der Waals surface area contributed by atoms with Crippen molar-refractivity contribution in [2.24, 2.45) is 0 Å². The molecule has 0 bridgehead atoms. The fraction of sp³-hybridized carbons (Fsp3) is 0.762. The topological polar surface area (TPSA) is 78.9 Å². The van der Waals surface area contributed by atoms with Crippen LogP contribution in [0.2, 0.25) is 0 Å². The molecule has 398 valence electrons. The van der Waals surface area contributed by atoms with Crippen molar-refractivity contribution in [2.75, 3.05) is 13.2 Å². The van der Waals surface area contributed by atoms with Gasteiger partial charge in [-0.15, -0.1) is 0 Å². The normalized spacial score (nSPS) is 12.6. The quantitative estimate of drug-likeness (QED) is 0.0262. The molecule has 0 spiro atoms. The Morgan fingerprint density at radius 1 is 0.304 bits per heavy atom. The van der Waals surface area contributed by atoms with Crippen molar-refractivity contribution in [2.45, 2.75) is 297 Å². The van der Waals surface area contributed by atoms with Crippen LogP contribution in [0.25, 0.3) is 0 Å². The first-order valence-corrected chi connectivity index (χ1v) is 29.4. The van der Waals surface area contributed by atoms with Gasteiger partial charge in [-0.05, 0) is 103 Å². The standard InChI is InChI=1S/C63H110O6/c1-4-7-10-13-16-19-22-24-26-27-28-29-30-31-32-33-34-35-37-38-41-44-47-50-53-56-62(65)68-59-60(58-67-61(64)55-52-49-46-43-40-21-18-15-12-9-6-3)69-63(66)57-54-51-48-45-42-39-36-25-23-20-17-14-11-8-5-2/h8,11,15,17-18,20,22,24-25,27-28,36,60H,4-7,9-10,12-14,16,19,21,23,26,29-35,37-59H2,1-3H3/b11-8-,18-15-,20-17-,24-22-,28-27-,36-25-. The van der Waals surface area contributed by atoms with Gasteiger partial charge in [0.2, 0.25) is 0 Å². The highest BCUT2D eigenvalue weighted by Gasteiger charge is 2.19. The third-order valence-electron chi connectivity index (χ3n) is 12.7. The van der Waals surface area contributed by atoms with Gasteiger partial charge >= 0.3 is 17.9 Å². The SMILES string of the molecule is CC/C=C\C/C=C\C/C=C\CCCCCCCC(=O)OC(COC(=O)CCCCCCC/C=C\CCCC)COC(=O)CCCCCCCCCCCCCCC/C=C\C/C=C\CCCCCCC. The maximum absolute atomic E-state index is 12.8. The zero-order valence-electron chi connectivity index (χ0n) is 45.6. The van der Waals surface area contributed by atoms with Gasteiger partial charge in [0.25, 0.3) is 0 Å². The average molecular weight is 964 g/mol. The number of hydrogen-bond acceptors (Lipinski definition) is 6. The maximum Gasteiger partial charge on any atom is 0.306 e. The number of carbonyl (C=O) groups excluding carboxylic acids is 3. The van der Waals surface area contributed by atoms with Gasteiger partial charge < -0.3 is 14.2 Å². The zero-order valence-corrected chi connectivity index (χ0v) is 45.6. The largest absolute Gasteiger partial charge is 0.462 e. The number of hydrogen-bond donors (Lipinski definition) is 0. The summed E-state index contributed by atoms with van der Waals surface area (Å²) in [6.45, 7) is 6.47. The zero-order chi connectivity index (χ0) is 50.0. The van der Waals surface area contributed by atoms with E-state index in [0.717, 1.165) is 109 Å². The fourth-order valence-corrected chi connectivity index (χ4v) is 8.23. The van der Waals surface area contributed by atoms with E-state index in [-0.39, 0.29) is 31.1 Å². The van der Waals surface area contributed by atoms with E-state index in [4.69, 9.17) is 14.2 Å². The molecule has 0 fully saturated rings. The summed E-state index contributed by atoms with van der Waals surface area (Å²) >= 11 is 0. The number of carbonyl (C=O) groups is 3. The molecule has 0 aromatic heterocycles. The summed E-state index contributed by atoms with van der Waals surface area (Å²) in [7, 11) is 0. The summed E-state index contributed by atoms with van der Waals surface area (Å²) in [4.78, 5) is 38.1.